The summed E-state index contributed by atoms with van der Waals surface area (Å²) >= 11 is 0. The minimum atomic E-state index is 0.301. The number of nitrogens with two attached hydrogens (primary N) is 1. The summed E-state index contributed by atoms with van der Waals surface area (Å²) < 4.78 is 0. The Kier molecular flexibility index (Phi) is 3.00. The van der Waals surface area contributed by atoms with E-state index in [1.54, 1.807) is 0 Å². The summed E-state index contributed by atoms with van der Waals surface area (Å²) in [6.07, 6.45) is 0. The monoisotopic (exact) mass is 214 g/mol. The van der Waals surface area contributed by atoms with Gasteiger partial charge in [0.2, 0.25) is 5.95 Å². The van der Waals surface area contributed by atoms with Crippen LogP contribution in [0, 0.1) is 6.92 Å². The number of anilines is 2. The Morgan fingerprint density at radius 2 is 1.94 bits per heavy atom. The van der Waals surface area contributed by atoms with Crippen molar-refractivity contribution in [3.63, 3.8) is 0 Å². The van der Waals surface area contributed by atoms with Crippen LogP contribution in [0.1, 0.15) is 11.3 Å². The molecule has 0 saturated carbocycles. The lowest BCUT2D eigenvalue weighted by atomic mass is 10.2. The number of rotatable bonds is 3. The van der Waals surface area contributed by atoms with Gasteiger partial charge in [0.05, 0.1) is 0 Å². The zero-order chi connectivity index (χ0) is 11.4. The Bertz CT molecular complexity index is 447. The summed E-state index contributed by atoms with van der Waals surface area (Å²) in [6.45, 7) is 2.63. The van der Waals surface area contributed by atoms with Crippen molar-refractivity contribution in [1.29, 1.82) is 0 Å². The van der Waals surface area contributed by atoms with Crippen molar-refractivity contribution in [2.75, 3.05) is 11.1 Å². The van der Waals surface area contributed by atoms with Crippen LogP contribution < -0.4 is 11.1 Å². The number of aryl methyl sites for hydroxylation is 1. The fraction of sp³-hybridized carbons (Fsp3) is 0.167. The van der Waals surface area contributed by atoms with Crippen molar-refractivity contribution >= 4 is 11.8 Å². The summed E-state index contributed by atoms with van der Waals surface area (Å²) in [7, 11) is 0. The Morgan fingerprint density at radius 3 is 2.62 bits per heavy atom. The molecular weight excluding hydrogens is 200 g/mol. The smallest absolute Gasteiger partial charge is 0.222 e. The van der Waals surface area contributed by atoms with Crippen LogP contribution in [0.25, 0.3) is 0 Å². The van der Waals surface area contributed by atoms with Crippen LogP contribution in [0.15, 0.2) is 36.4 Å². The lowest BCUT2D eigenvalue weighted by molar-refractivity contribution is 1.06. The molecule has 4 heteroatoms. The zero-order valence-corrected chi connectivity index (χ0v) is 9.14. The molecular formula is C12H14N4. The highest BCUT2D eigenvalue weighted by Gasteiger charge is 1.98. The Labute approximate surface area is 94.5 Å². The number of nitrogens with one attached hydrogen (secondary N) is 1. The minimum absolute atomic E-state index is 0.301. The van der Waals surface area contributed by atoms with Crippen LogP contribution in [0.4, 0.5) is 11.8 Å². The molecule has 3 N–H and O–H groups in total. The number of hydrogen-bond donors (Lipinski definition) is 2. The van der Waals surface area contributed by atoms with Gasteiger partial charge in [-0.05, 0) is 12.5 Å². The van der Waals surface area contributed by atoms with Gasteiger partial charge in [-0.2, -0.15) is 4.98 Å². The van der Waals surface area contributed by atoms with Gasteiger partial charge in [0.1, 0.15) is 5.82 Å². The molecule has 0 aliphatic rings. The van der Waals surface area contributed by atoms with Gasteiger partial charge in [0.25, 0.3) is 0 Å². The molecule has 0 saturated heterocycles. The number of benzene rings is 1. The van der Waals surface area contributed by atoms with E-state index in [1.807, 2.05) is 31.2 Å². The van der Waals surface area contributed by atoms with Crippen LogP contribution in [-0.2, 0) is 6.54 Å². The van der Waals surface area contributed by atoms with E-state index in [9.17, 15) is 0 Å². The average molecular weight is 214 g/mol. The molecule has 0 unspecified atom stereocenters. The molecule has 0 atom stereocenters. The van der Waals surface area contributed by atoms with Crippen molar-refractivity contribution in [3.8, 4) is 0 Å². The Balaban J connectivity index is 2.05. The second kappa shape index (κ2) is 4.61. The highest BCUT2D eigenvalue weighted by molar-refractivity contribution is 5.40. The van der Waals surface area contributed by atoms with E-state index in [0.29, 0.717) is 5.95 Å². The molecule has 2 aromatic rings. The SMILES string of the molecule is Cc1cc(NCc2ccccc2)nc(N)n1. The molecule has 1 aromatic heterocycles. The lowest BCUT2D eigenvalue weighted by Gasteiger charge is -2.06. The maximum absolute atomic E-state index is 5.57. The first-order chi connectivity index (χ1) is 7.74. The van der Waals surface area contributed by atoms with Crippen molar-refractivity contribution in [2.24, 2.45) is 0 Å². The molecule has 0 spiro atoms. The van der Waals surface area contributed by atoms with E-state index in [0.717, 1.165) is 18.1 Å². The summed E-state index contributed by atoms with van der Waals surface area (Å²) in [5.41, 5.74) is 7.64. The van der Waals surface area contributed by atoms with Gasteiger partial charge in [-0.15, -0.1) is 0 Å². The fourth-order valence-corrected chi connectivity index (χ4v) is 1.47. The molecule has 1 heterocycles. The highest BCUT2D eigenvalue weighted by Crippen LogP contribution is 2.09. The highest BCUT2D eigenvalue weighted by atomic mass is 15.1. The molecule has 0 bridgehead atoms. The molecule has 4 nitrogen and oxygen atoms in total. The van der Waals surface area contributed by atoms with E-state index in [4.69, 9.17) is 5.73 Å². The topological polar surface area (TPSA) is 63.8 Å². The Morgan fingerprint density at radius 1 is 1.19 bits per heavy atom. The average Bonchev–Trinajstić information content (AvgIpc) is 2.27. The summed E-state index contributed by atoms with van der Waals surface area (Å²) in [6, 6.07) is 12.0. The minimum Gasteiger partial charge on any atom is -0.368 e. The van der Waals surface area contributed by atoms with E-state index < -0.39 is 0 Å². The summed E-state index contributed by atoms with van der Waals surface area (Å²) in [4.78, 5) is 8.12. The Hall–Kier alpha value is -2.10. The van der Waals surface area contributed by atoms with Crippen LogP contribution >= 0.6 is 0 Å². The second-order valence-corrected chi connectivity index (χ2v) is 3.59. The number of nitrogen functional groups attached to an aromatic ring is 1. The molecule has 1 aromatic carbocycles. The third-order valence-corrected chi connectivity index (χ3v) is 2.19. The number of nitrogens with zero attached hydrogens (tertiary/aromatic N) is 2. The third kappa shape index (κ3) is 2.70. The summed E-state index contributed by atoms with van der Waals surface area (Å²) in [5.74, 6) is 1.06. The second-order valence-electron chi connectivity index (χ2n) is 3.59. The molecule has 0 amide bonds. The zero-order valence-electron chi connectivity index (χ0n) is 9.14. The fourth-order valence-electron chi connectivity index (χ4n) is 1.47. The molecule has 0 aliphatic carbocycles. The van der Waals surface area contributed by atoms with Gasteiger partial charge in [-0.1, -0.05) is 30.3 Å². The van der Waals surface area contributed by atoms with Crippen LogP contribution in [0.3, 0.4) is 0 Å². The van der Waals surface area contributed by atoms with Crippen LogP contribution in [0.5, 0.6) is 0 Å². The quantitative estimate of drug-likeness (QED) is 0.820. The normalized spacial score (nSPS) is 10.1. The van der Waals surface area contributed by atoms with Crippen LogP contribution in [-0.4, -0.2) is 9.97 Å². The van der Waals surface area contributed by atoms with Gasteiger partial charge in [-0.3, -0.25) is 0 Å². The predicted octanol–water partition coefficient (Wildman–Crippen LogP) is 1.98. The first kappa shape index (κ1) is 10.4. The van der Waals surface area contributed by atoms with E-state index in [2.05, 4.69) is 27.4 Å². The van der Waals surface area contributed by atoms with Crippen molar-refractivity contribution in [2.45, 2.75) is 13.5 Å². The maximum atomic E-state index is 5.57. The molecule has 0 fully saturated rings. The first-order valence-corrected chi connectivity index (χ1v) is 5.13. The standard InChI is InChI=1S/C12H14N4/c1-9-7-11(16-12(13)15-9)14-8-10-5-3-2-4-6-10/h2-7H,8H2,1H3,(H3,13,14,15,16). The maximum Gasteiger partial charge on any atom is 0.222 e. The lowest BCUT2D eigenvalue weighted by Crippen LogP contribution is -2.05. The first-order valence-electron chi connectivity index (χ1n) is 5.13. The van der Waals surface area contributed by atoms with Crippen molar-refractivity contribution in [1.82, 2.24) is 9.97 Å². The predicted molar refractivity (Wildman–Crippen MR) is 65.0 cm³/mol. The molecule has 0 aliphatic heterocycles. The van der Waals surface area contributed by atoms with Gasteiger partial charge < -0.3 is 11.1 Å². The van der Waals surface area contributed by atoms with Gasteiger partial charge in [-0.25, -0.2) is 4.98 Å². The van der Waals surface area contributed by atoms with Crippen LogP contribution in [0.2, 0.25) is 0 Å². The largest absolute Gasteiger partial charge is 0.368 e. The van der Waals surface area contributed by atoms with Gasteiger partial charge >= 0.3 is 0 Å². The number of hydrogen-bond acceptors (Lipinski definition) is 4. The van der Waals surface area contributed by atoms with E-state index in [-0.39, 0.29) is 0 Å². The van der Waals surface area contributed by atoms with E-state index >= 15 is 0 Å². The van der Waals surface area contributed by atoms with Gasteiger partial charge in [0, 0.05) is 18.3 Å². The van der Waals surface area contributed by atoms with E-state index in [1.165, 1.54) is 5.56 Å². The van der Waals surface area contributed by atoms with Crippen molar-refractivity contribution in [3.05, 3.63) is 47.7 Å². The summed E-state index contributed by atoms with van der Waals surface area (Å²) in [5, 5.41) is 3.21. The number of aromatic nitrogens is 2. The van der Waals surface area contributed by atoms with Gasteiger partial charge in [0.15, 0.2) is 0 Å². The molecule has 82 valence electrons. The third-order valence-electron chi connectivity index (χ3n) is 2.19. The van der Waals surface area contributed by atoms with Crippen molar-refractivity contribution < 1.29 is 0 Å². The molecule has 16 heavy (non-hydrogen) atoms. The molecule has 2 rings (SSSR count). The molecule has 0 radical (unpaired) electrons.